The van der Waals surface area contributed by atoms with Crippen molar-refractivity contribution in [2.45, 2.75) is 19.3 Å². The Labute approximate surface area is 86.3 Å². The van der Waals surface area contributed by atoms with E-state index in [0.29, 0.717) is 6.54 Å². The highest BCUT2D eigenvalue weighted by Gasteiger charge is 2.23. The van der Waals surface area contributed by atoms with Crippen LogP contribution in [-0.4, -0.2) is 49.1 Å². The monoisotopic (exact) mass is 193 g/mol. The van der Waals surface area contributed by atoms with Crippen LogP contribution in [0.3, 0.4) is 0 Å². The summed E-state index contributed by atoms with van der Waals surface area (Å²) in [6, 6.07) is 2.22. The summed E-state index contributed by atoms with van der Waals surface area (Å²) < 4.78 is 0. The summed E-state index contributed by atoms with van der Waals surface area (Å²) in [5, 5.41) is 8.56. The van der Waals surface area contributed by atoms with Gasteiger partial charge in [-0.15, -0.1) is 0 Å². The maximum Gasteiger partial charge on any atom is 0.0866 e. The first-order chi connectivity index (χ1) is 6.88. The lowest BCUT2D eigenvalue weighted by Crippen LogP contribution is -2.46. The van der Waals surface area contributed by atoms with Crippen molar-refractivity contribution in [2.75, 3.05) is 39.3 Å². The zero-order valence-corrected chi connectivity index (χ0v) is 8.78. The van der Waals surface area contributed by atoms with E-state index in [0.717, 1.165) is 32.1 Å². The Balaban J connectivity index is 1.60. The van der Waals surface area contributed by atoms with Gasteiger partial charge in [-0.1, -0.05) is 12.8 Å². The molecule has 0 spiro atoms. The highest BCUT2D eigenvalue weighted by molar-refractivity contribution is 4.82. The molecule has 2 aliphatic rings. The van der Waals surface area contributed by atoms with Gasteiger partial charge in [-0.25, -0.2) is 0 Å². The summed E-state index contributed by atoms with van der Waals surface area (Å²) in [7, 11) is 0. The fourth-order valence-electron chi connectivity index (χ4n) is 2.04. The molecule has 1 saturated heterocycles. The molecule has 0 radical (unpaired) electrons. The molecule has 14 heavy (non-hydrogen) atoms. The molecule has 78 valence electrons. The zero-order valence-electron chi connectivity index (χ0n) is 8.78. The van der Waals surface area contributed by atoms with Crippen LogP contribution in [0.5, 0.6) is 0 Å². The van der Waals surface area contributed by atoms with Gasteiger partial charge in [0.15, 0.2) is 0 Å². The summed E-state index contributed by atoms with van der Waals surface area (Å²) in [5.74, 6) is 1.05. The lowest BCUT2D eigenvalue weighted by atomic mass is 10.2. The third-order valence-electron chi connectivity index (χ3n) is 3.31. The van der Waals surface area contributed by atoms with E-state index in [9.17, 15) is 0 Å². The summed E-state index contributed by atoms with van der Waals surface area (Å²) in [4.78, 5) is 4.79. The molecule has 0 aromatic carbocycles. The molecule has 3 heteroatoms. The van der Waals surface area contributed by atoms with Crippen molar-refractivity contribution in [2.24, 2.45) is 5.92 Å². The molecule has 1 aliphatic heterocycles. The standard InChI is InChI=1S/C11H19N3/c12-4-6-14-9-7-13(8-10-14)5-3-11-1-2-11/h11H,1-3,5-10H2. The van der Waals surface area contributed by atoms with Crippen LogP contribution < -0.4 is 0 Å². The van der Waals surface area contributed by atoms with Gasteiger partial charge >= 0.3 is 0 Å². The molecule has 0 amide bonds. The summed E-state index contributed by atoms with van der Waals surface area (Å²) in [6.45, 7) is 6.38. The van der Waals surface area contributed by atoms with E-state index in [1.165, 1.54) is 25.8 Å². The van der Waals surface area contributed by atoms with Crippen molar-refractivity contribution in [1.29, 1.82) is 5.26 Å². The molecule has 0 aromatic rings. The maximum absolute atomic E-state index is 8.56. The number of hydrogen-bond donors (Lipinski definition) is 0. The van der Waals surface area contributed by atoms with Crippen LogP contribution in [0.4, 0.5) is 0 Å². The lowest BCUT2D eigenvalue weighted by Gasteiger charge is -2.33. The lowest BCUT2D eigenvalue weighted by molar-refractivity contribution is 0.141. The second kappa shape index (κ2) is 4.77. The van der Waals surface area contributed by atoms with E-state index in [1.807, 2.05) is 0 Å². The van der Waals surface area contributed by atoms with Crippen molar-refractivity contribution in [3.63, 3.8) is 0 Å². The van der Waals surface area contributed by atoms with Crippen LogP contribution in [-0.2, 0) is 0 Å². The molecule has 0 atom stereocenters. The number of piperazine rings is 1. The van der Waals surface area contributed by atoms with Crippen molar-refractivity contribution in [3.05, 3.63) is 0 Å². The number of nitrogens with zero attached hydrogens (tertiary/aromatic N) is 3. The van der Waals surface area contributed by atoms with Crippen LogP contribution >= 0.6 is 0 Å². The number of nitriles is 1. The molecule has 3 nitrogen and oxygen atoms in total. The third-order valence-corrected chi connectivity index (χ3v) is 3.31. The second-order valence-corrected chi connectivity index (χ2v) is 4.51. The van der Waals surface area contributed by atoms with Gasteiger partial charge in [-0.3, -0.25) is 4.90 Å². The fourth-order valence-corrected chi connectivity index (χ4v) is 2.04. The van der Waals surface area contributed by atoms with Gasteiger partial charge in [-0.2, -0.15) is 5.26 Å². The van der Waals surface area contributed by atoms with E-state index < -0.39 is 0 Å². The molecule has 0 bridgehead atoms. The first-order valence-corrected chi connectivity index (χ1v) is 5.70. The topological polar surface area (TPSA) is 30.3 Å². The quantitative estimate of drug-likeness (QED) is 0.622. The SMILES string of the molecule is N#CCN1CCN(CCC2CC2)CC1. The highest BCUT2D eigenvalue weighted by Crippen LogP contribution is 2.32. The Kier molecular flexibility index (Phi) is 3.39. The Morgan fingerprint density at radius 2 is 1.71 bits per heavy atom. The predicted molar refractivity (Wildman–Crippen MR) is 55.8 cm³/mol. The average Bonchev–Trinajstić information content (AvgIpc) is 3.01. The van der Waals surface area contributed by atoms with Crippen LogP contribution in [0, 0.1) is 17.2 Å². The molecule has 0 N–H and O–H groups in total. The van der Waals surface area contributed by atoms with E-state index in [1.54, 1.807) is 0 Å². The van der Waals surface area contributed by atoms with Crippen LogP contribution in [0.25, 0.3) is 0 Å². The van der Waals surface area contributed by atoms with Gasteiger partial charge in [0.25, 0.3) is 0 Å². The van der Waals surface area contributed by atoms with E-state index in [2.05, 4.69) is 15.9 Å². The van der Waals surface area contributed by atoms with Crippen LogP contribution in [0.1, 0.15) is 19.3 Å². The van der Waals surface area contributed by atoms with Crippen molar-refractivity contribution in [3.8, 4) is 6.07 Å². The minimum Gasteiger partial charge on any atom is -0.301 e. The Morgan fingerprint density at radius 1 is 1.07 bits per heavy atom. The predicted octanol–water partition coefficient (Wildman–Crippen LogP) is 0.928. The van der Waals surface area contributed by atoms with Crippen LogP contribution in [0.2, 0.25) is 0 Å². The van der Waals surface area contributed by atoms with E-state index in [4.69, 9.17) is 5.26 Å². The Bertz CT molecular complexity index is 209. The first kappa shape index (κ1) is 9.95. The molecule has 1 aliphatic carbocycles. The molecule has 2 fully saturated rings. The van der Waals surface area contributed by atoms with E-state index in [-0.39, 0.29) is 0 Å². The van der Waals surface area contributed by atoms with E-state index >= 15 is 0 Å². The average molecular weight is 193 g/mol. The van der Waals surface area contributed by atoms with Crippen molar-refractivity contribution < 1.29 is 0 Å². The third kappa shape index (κ3) is 2.97. The maximum atomic E-state index is 8.56. The molecule has 0 aromatic heterocycles. The summed E-state index contributed by atoms with van der Waals surface area (Å²) in [6.07, 6.45) is 4.33. The molecule has 2 rings (SSSR count). The summed E-state index contributed by atoms with van der Waals surface area (Å²) >= 11 is 0. The van der Waals surface area contributed by atoms with Gasteiger partial charge in [-0.05, 0) is 18.9 Å². The first-order valence-electron chi connectivity index (χ1n) is 5.70. The normalized spacial score (nSPS) is 24.8. The van der Waals surface area contributed by atoms with Crippen LogP contribution in [0.15, 0.2) is 0 Å². The molecular weight excluding hydrogens is 174 g/mol. The van der Waals surface area contributed by atoms with Gasteiger partial charge in [0.05, 0.1) is 12.6 Å². The van der Waals surface area contributed by atoms with Crippen molar-refractivity contribution in [1.82, 2.24) is 9.80 Å². The number of hydrogen-bond acceptors (Lipinski definition) is 3. The van der Waals surface area contributed by atoms with Gasteiger partial charge in [0.2, 0.25) is 0 Å². The largest absolute Gasteiger partial charge is 0.301 e. The smallest absolute Gasteiger partial charge is 0.0866 e. The molecule has 1 saturated carbocycles. The summed E-state index contributed by atoms with van der Waals surface area (Å²) in [5.41, 5.74) is 0. The van der Waals surface area contributed by atoms with Gasteiger partial charge < -0.3 is 4.90 Å². The molecule has 1 heterocycles. The van der Waals surface area contributed by atoms with Gasteiger partial charge in [0, 0.05) is 26.2 Å². The fraction of sp³-hybridized carbons (Fsp3) is 0.909. The minimum absolute atomic E-state index is 0.608. The highest BCUT2D eigenvalue weighted by atomic mass is 15.3. The van der Waals surface area contributed by atoms with Crippen molar-refractivity contribution >= 4 is 0 Å². The zero-order chi connectivity index (χ0) is 9.80. The Morgan fingerprint density at radius 3 is 2.29 bits per heavy atom. The number of rotatable bonds is 4. The Hall–Kier alpha value is -0.590. The van der Waals surface area contributed by atoms with Gasteiger partial charge in [0.1, 0.15) is 0 Å². The second-order valence-electron chi connectivity index (χ2n) is 4.51. The molecular formula is C11H19N3. The molecule has 0 unspecified atom stereocenters. The minimum atomic E-state index is 0.608.